The second kappa shape index (κ2) is 6.57. The van der Waals surface area contributed by atoms with Crippen LogP contribution in [0.2, 0.25) is 5.16 Å². The van der Waals surface area contributed by atoms with Crippen LogP contribution in [0.25, 0.3) is 0 Å². The maximum atomic E-state index is 2.36. The fourth-order valence-electron chi connectivity index (χ4n) is 2.26. The zero-order valence-electron chi connectivity index (χ0n) is 10.5. The number of hydrogen-bond acceptors (Lipinski definition) is 0. The molecule has 2 aromatic rings. The number of hydrogen-bond donors (Lipinski definition) is 0. The molecule has 0 fully saturated rings. The third kappa shape index (κ3) is 3.98. The van der Waals surface area contributed by atoms with Crippen LogP contribution in [0.5, 0.6) is 0 Å². The second-order valence-corrected chi connectivity index (χ2v) is 10.6. The maximum Gasteiger partial charge on any atom is 0.0550 e. The third-order valence-electron chi connectivity index (χ3n) is 3.31. The normalized spacial score (nSPS) is 13.7. The highest BCUT2D eigenvalue weighted by molar-refractivity contribution is 6.73. The summed E-state index contributed by atoms with van der Waals surface area (Å²) in [4.78, 5) is 0. The summed E-state index contributed by atoms with van der Waals surface area (Å²) in [6.45, 7) is 2.36. The van der Waals surface area contributed by atoms with Gasteiger partial charge in [-0.05, 0) is 0 Å². The van der Waals surface area contributed by atoms with E-state index in [-0.39, 0.29) is 19.0 Å². The van der Waals surface area contributed by atoms with Crippen LogP contribution in [0.3, 0.4) is 0 Å². The first-order valence-corrected chi connectivity index (χ1v) is 9.51. The molecule has 0 aliphatic heterocycles. The van der Waals surface area contributed by atoms with Crippen LogP contribution in [0.4, 0.5) is 0 Å². The van der Waals surface area contributed by atoms with Gasteiger partial charge in [0.05, 0.1) is 19.0 Å². The van der Waals surface area contributed by atoms with Gasteiger partial charge in [0.2, 0.25) is 0 Å². The summed E-state index contributed by atoms with van der Waals surface area (Å²) < 4.78 is 0. The minimum absolute atomic E-state index is 0.0795. The molecule has 0 amide bonds. The Morgan fingerprint density at radius 3 is 1.53 bits per heavy atom. The van der Waals surface area contributed by atoms with E-state index in [1.165, 1.54) is 6.42 Å². The molecule has 0 N–H and O–H groups in total. The van der Waals surface area contributed by atoms with Crippen molar-refractivity contribution in [1.29, 1.82) is 0 Å². The van der Waals surface area contributed by atoms with Crippen molar-refractivity contribution in [3.05, 3.63) is 60.7 Å². The summed E-state index contributed by atoms with van der Waals surface area (Å²) in [6.07, 6.45) is 1.36. The van der Waals surface area contributed by atoms with E-state index in [0.29, 0.717) is 0 Å². The van der Waals surface area contributed by atoms with Crippen LogP contribution in [-0.4, -0.2) is 19.0 Å². The highest BCUT2D eigenvalue weighted by Crippen LogP contribution is 2.06. The maximum absolute atomic E-state index is 2.36. The molecular formula is C15H20Si2. The van der Waals surface area contributed by atoms with Crippen LogP contribution >= 0.6 is 0 Å². The molecule has 0 bridgehead atoms. The molecule has 17 heavy (non-hydrogen) atoms. The van der Waals surface area contributed by atoms with Crippen molar-refractivity contribution in [1.82, 2.24) is 0 Å². The highest BCUT2D eigenvalue weighted by Gasteiger charge is 2.09. The Hall–Kier alpha value is -1.13. The first kappa shape index (κ1) is 12.3. The lowest BCUT2D eigenvalue weighted by Crippen LogP contribution is -2.28. The molecule has 0 heterocycles. The minimum Gasteiger partial charge on any atom is -0.0669 e. The number of benzene rings is 2. The fraction of sp³-hybridized carbons (Fsp3) is 0.200. The Morgan fingerprint density at radius 1 is 0.765 bits per heavy atom. The van der Waals surface area contributed by atoms with Crippen LogP contribution in [0.1, 0.15) is 13.3 Å². The van der Waals surface area contributed by atoms with Gasteiger partial charge in [-0.2, -0.15) is 0 Å². The van der Waals surface area contributed by atoms with E-state index in [1.807, 2.05) is 0 Å². The molecule has 0 saturated heterocycles. The van der Waals surface area contributed by atoms with Crippen molar-refractivity contribution in [2.24, 2.45) is 0 Å². The van der Waals surface area contributed by atoms with E-state index in [0.717, 1.165) is 5.16 Å². The molecule has 0 aliphatic rings. The van der Waals surface area contributed by atoms with Gasteiger partial charge in [0, 0.05) is 0 Å². The van der Waals surface area contributed by atoms with Crippen molar-refractivity contribution in [2.75, 3.05) is 0 Å². The molecule has 2 rings (SSSR count). The molecule has 0 aromatic heterocycles. The van der Waals surface area contributed by atoms with Crippen molar-refractivity contribution in [3.8, 4) is 0 Å². The van der Waals surface area contributed by atoms with Gasteiger partial charge in [-0.25, -0.2) is 0 Å². The summed E-state index contributed by atoms with van der Waals surface area (Å²) in [7, 11) is -0.159. The van der Waals surface area contributed by atoms with Crippen LogP contribution in [0.15, 0.2) is 60.7 Å². The second-order valence-electron chi connectivity index (χ2n) is 4.65. The first-order valence-electron chi connectivity index (χ1n) is 6.46. The minimum atomic E-state index is -0.0795. The zero-order valence-corrected chi connectivity index (χ0v) is 13.3. The van der Waals surface area contributed by atoms with Crippen LogP contribution in [-0.2, 0) is 0 Å². The predicted molar refractivity (Wildman–Crippen MR) is 83.3 cm³/mol. The van der Waals surface area contributed by atoms with Gasteiger partial charge in [-0.3, -0.25) is 0 Å². The molecule has 2 aromatic carbocycles. The standard InChI is InChI=1S/C15H20Si2/c1-2-15(16-13-9-5-3-6-10-13)17-14-11-7-4-8-12-14/h3-12,15H,2,16-17H2,1H3. The Bertz CT molecular complexity index is 384. The molecule has 88 valence electrons. The van der Waals surface area contributed by atoms with Gasteiger partial charge in [-0.1, -0.05) is 89.5 Å². The van der Waals surface area contributed by atoms with Gasteiger partial charge >= 0.3 is 0 Å². The van der Waals surface area contributed by atoms with E-state index < -0.39 is 0 Å². The average molecular weight is 256 g/mol. The van der Waals surface area contributed by atoms with E-state index >= 15 is 0 Å². The molecule has 0 aliphatic carbocycles. The van der Waals surface area contributed by atoms with Crippen LogP contribution in [0, 0.1) is 0 Å². The molecule has 0 unspecified atom stereocenters. The summed E-state index contributed by atoms with van der Waals surface area (Å²) in [5.74, 6) is 0. The molecule has 0 saturated carbocycles. The largest absolute Gasteiger partial charge is 0.0669 e. The number of rotatable bonds is 5. The average Bonchev–Trinajstić information content (AvgIpc) is 2.40. The lowest BCUT2D eigenvalue weighted by atomic mass is 10.4. The van der Waals surface area contributed by atoms with E-state index in [9.17, 15) is 0 Å². The monoisotopic (exact) mass is 256 g/mol. The van der Waals surface area contributed by atoms with Gasteiger partial charge < -0.3 is 0 Å². The van der Waals surface area contributed by atoms with Gasteiger partial charge in [0.25, 0.3) is 0 Å². The van der Waals surface area contributed by atoms with Gasteiger partial charge in [-0.15, -0.1) is 0 Å². The quantitative estimate of drug-likeness (QED) is 0.704. The molecule has 0 spiro atoms. The van der Waals surface area contributed by atoms with E-state index in [1.54, 1.807) is 10.4 Å². The predicted octanol–water partition coefficient (Wildman–Crippen LogP) is 1.13. The summed E-state index contributed by atoms with van der Waals surface area (Å²) in [5, 5.41) is 4.28. The zero-order chi connectivity index (χ0) is 11.9. The summed E-state index contributed by atoms with van der Waals surface area (Å²) in [5.41, 5.74) is 0. The lowest BCUT2D eigenvalue weighted by Gasteiger charge is -2.13. The van der Waals surface area contributed by atoms with Crippen molar-refractivity contribution in [2.45, 2.75) is 18.5 Å². The molecule has 0 atom stereocenters. The highest BCUT2D eigenvalue weighted by atomic mass is 28.3. The summed E-state index contributed by atoms with van der Waals surface area (Å²) >= 11 is 0. The topological polar surface area (TPSA) is 0 Å². The molecular weight excluding hydrogens is 236 g/mol. The van der Waals surface area contributed by atoms with Gasteiger partial charge in [0.1, 0.15) is 0 Å². The Labute approximate surface area is 109 Å². The fourth-order valence-corrected chi connectivity index (χ4v) is 7.83. The Balaban J connectivity index is 1.98. The van der Waals surface area contributed by atoms with Crippen LogP contribution < -0.4 is 10.4 Å². The summed E-state index contributed by atoms with van der Waals surface area (Å²) in [6, 6.07) is 22.2. The molecule has 0 radical (unpaired) electrons. The SMILES string of the molecule is CCC([SiH2]c1ccccc1)[SiH2]c1ccccc1. The van der Waals surface area contributed by atoms with E-state index in [2.05, 4.69) is 67.6 Å². The molecule has 0 nitrogen and oxygen atoms in total. The molecule has 2 heteroatoms. The van der Waals surface area contributed by atoms with E-state index in [4.69, 9.17) is 0 Å². The van der Waals surface area contributed by atoms with Gasteiger partial charge in [0.15, 0.2) is 0 Å². The lowest BCUT2D eigenvalue weighted by molar-refractivity contribution is 1.01. The van der Waals surface area contributed by atoms with Crippen molar-refractivity contribution >= 4 is 29.4 Å². The third-order valence-corrected chi connectivity index (χ3v) is 9.24. The van der Waals surface area contributed by atoms with Crippen molar-refractivity contribution < 1.29 is 0 Å². The smallest absolute Gasteiger partial charge is 0.0550 e. The first-order chi connectivity index (χ1) is 8.38. The van der Waals surface area contributed by atoms with Crippen molar-refractivity contribution in [3.63, 3.8) is 0 Å². The Morgan fingerprint density at radius 2 is 1.18 bits per heavy atom. The Kier molecular flexibility index (Phi) is 4.77.